The molecule has 1 aliphatic rings. The number of hydrogen-bond donors (Lipinski definition) is 1. The zero-order valence-electron chi connectivity index (χ0n) is 10.3. The normalized spacial score (nSPS) is 13.1. The number of anilines is 2. The van der Waals surface area contributed by atoms with Crippen molar-refractivity contribution in [2.24, 2.45) is 0 Å². The average molecular weight is 239 g/mol. The van der Waals surface area contributed by atoms with Gasteiger partial charge in [-0.1, -0.05) is 36.4 Å². The van der Waals surface area contributed by atoms with E-state index in [1.807, 2.05) is 0 Å². The molecule has 0 aromatic heterocycles. The van der Waals surface area contributed by atoms with Crippen LogP contribution in [-0.4, -0.2) is 18.3 Å². The summed E-state index contributed by atoms with van der Waals surface area (Å²) in [5, 5.41) is 9.07. The first-order valence-corrected chi connectivity index (χ1v) is 6.44. The maximum Gasteiger partial charge on any atom is 0.0448 e. The molecule has 3 rings (SSSR count). The van der Waals surface area contributed by atoms with Crippen molar-refractivity contribution in [3.63, 3.8) is 0 Å². The third kappa shape index (κ3) is 1.89. The van der Waals surface area contributed by atoms with Gasteiger partial charge < -0.3 is 10.0 Å². The molecule has 0 amide bonds. The summed E-state index contributed by atoms with van der Waals surface area (Å²) in [6, 6.07) is 17.1. The minimum atomic E-state index is 0.237. The van der Waals surface area contributed by atoms with Crippen LogP contribution in [0.5, 0.6) is 0 Å². The summed E-state index contributed by atoms with van der Waals surface area (Å²) >= 11 is 0. The van der Waals surface area contributed by atoms with Gasteiger partial charge in [-0.05, 0) is 29.7 Å². The molecular weight excluding hydrogens is 222 g/mol. The van der Waals surface area contributed by atoms with Crippen LogP contribution >= 0.6 is 0 Å². The Balaban J connectivity index is 2.05. The molecule has 2 aromatic rings. The quantitative estimate of drug-likeness (QED) is 0.889. The SMILES string of the molecule is OCCCN1c2ccccc2Cc2ccccc21. The summed E-state index contributed by atoms with van der Waals surface area (Å²) in [7, 11) is 0. The van der Waals surface area contributed by atoms with Crippen molar-refractivity contribution in [3.8, 4) is 0 Å². The van der Waals surface area contributed by atoms with E-state index in [4.69, 9.17) is 5.11 Å². The van der Waals surface area contributed by atoms with Crippen LogP contribution in [0.15, 0.2) is 48.5 Å². The van der Waals surface area contributed by atoms with Crippen molar-refractivity contribution in [2.75, 3.05) is 18.1 Å². The molecule has 0 unspecified atom stereocenters. The van der Waals surface area contributed by atoms with Crippen LogP contribution in [0.3, 0.4) is 0 Å². The van der Waals surface area contributed by atoms with Gasteiger partial charge in [-0.25, -0.2) is 0 Å². The molecule has 0 aliphatic carbocycles. The molecule has 0 bridgehead atoms. The maximum absolute atomic E-state index is 9.07. The fourth-order valence-electron chi connectivity index (χ4n) is 2.65. The number of fused-ring (bicyclic) bond motifs is 2. The van der Waals surface area contributed by atoms with Gasteiger partial charge in [-0.2, -0.15) is 0 Å². The Morgan fingerprint density at radius 3 is 2.00 bits per heavy atom. The van der Waals surface area contributed by atoms with Gasteiger partial charge in [0, 0.05) is 30.9 Å². The molecule has 2 heteroatoms. The van der Waals surface area contributed by atoms with Gasteiger partial charge in [0.15, 0.2) is 0 Å². The number of para-hydroxylation sites is 2. The summed E-state index contributed by atoms with van der Waals surface area (Å²) in [6.07, 6.45) is 1.80. The molecule has 18 heavy (non-hydrogen) atoms. The average Bonchev–Trinajstić information content (AvgIpc) is 2.43. The minimum Gasteiger partial charge on any atom is -0.396 e. The number of aliphatic hydroxyl groups excluding tert-OH is 1. The lowest BCUT2D eigenvalue weighted by Gasteiger charge is -2.33. The largest absolute Gasteiger partial charge is 0.396 e. The van der Waals surface area contributed by atoms with Crippen molar-refractivity contribution < 1.29 is 5.11 Å². The Morgan fingerprint density at radius 1 is 0.889 bits per heavy atom. The van der Waals surface area contributed by atoms with Gasteiger partial charge >= 0.3 is 0 Å². The van der Waals surface area contributed by atoms with Gasteiger partial charge in [-0.3, -0.25) is 0 Å². The second kappa shape index (κ2) is 4.83. The molecular formula is C16H17NO. The Bertz CT molecular complexity index is 505. The molecule has 0 saturated carbocycles. The Hall–Kier alpha value is -1.80. The summed E-state index contributed by atoms with van der Waals surface area (Å²) in [6.45, 7) is 1.10. The Morgan fingerprint density at radius 2 is 1.44 bits per heavy atom. The van der Waals surface area contributed by atoms with Crippen molar-refractivity contribution >= 4 is 11.4 Å². The predicted molar refractivity (Wildman–Crippen MR) is 74.4 cm³/mol. The van der Waals surface area contributed by atoms with Gasteiger partial charge in [0.25, 0.3) is 0 Å². The third-order valence-corrected chi connectivity index (χ3v) is 3.49. The monoisotopic (exact) mass is 239 g/mol. The lowest BCUT2D eigenvalue weighted by Crippen LogP contribution is -2.25. The highest BCUT2D eigenvalue weighted by molar-refractivity contribution is 5.74. The molecule has 2 nitrogen and oxygen atoms in total. The minimum absolute atomic E-state index is 0.237. The van der Waals surface area contributed by atoms with Crippen LogP contribution < -0.4 is 4.90 Å². The zero-order valence-corrected chi connectivity index (χ0v) is 10.3. The highest BCUT2D eigenvalue weighted by atomic mass is 16.3. The van der Waals surface area contributed by atoms with Crippen LogP contribution in [0.1, 0.15) is 17.5 Å². The summed E-state index contributed by atoms with van der Waals surface area (Å²) in [5.41, 5.74) is 5.30. The Kier molecular flexibility index (Phi) is 3.03. The maximum atomic E-state index is 9.07. The third-order valence-electron chi connectivity index (χ3n) is 3.49. The van der Waals surface area contributed by atoms with E-state index < -0.39 is 0 Å². The standard InChI is InChI=1S/C16H17NO/c18-11-5-10-17-15-8-3-1-6-13(15)12-14-7-2-4-9-16(14)17/h1-4,6-9,18H,5,10-12H2. The summed E-state index contributed by atoms with van der Waals surface area (Å²) in [5.74, 6) is 0. The van der Waals surface area contributed by atoms with E-state index in [1.54, 1.807) is 0 Å². The van der Waals surface area contributed by atoms with Crippen molar-refractivity contribution in [3.05, 3.63) is 59.7 Å². The van der Waals surface area contributed by atoms with Gasteiger partial charge in [-0.15, -0.1) is 0 Å². The molecule has 0 spiro atoms. The molecule has 1 aliphatic heterocycles. The molecule has 0 radical (unpaired) electrons. The summed E-state index contributed by atoms with van der Waals surface area (Å²) < 4.78 is 0. The molecule has 2 aromatic carbocycles. The van der Waals surface area contributed by atoms with E-state index >= 15 is 0 Å². The number of rotatable bonds is 3. The lowest BCUT2D eigenvalue weighted by atomic mass is 9.95. The Labute approximate surface area is 107 Å². The topological polar surface area (TPSA) is 23.5 Å². The number of benzene rings is 2. The zero-order chi connectivity index (χ0) is 12.4. The second-order valence-electron chi connectivity index (χ2n) is 4.66. The fraction of sp³-hybridized carbons (Fsp3) is 0.250. The van der Waals surface area contributed by atoms with Crippen LogP contribution in [0.4, 0.5) is 11.4 Å². The molecule has 0 fully saturated rings. The number of nitrogens with zero attached hydrogens (tertiary/aromatic N) is 1. The molecule has 92 valence electrons. The predicted octanol–water partition coefficient (Wildman–Crippen LogP) is 3.11. The van der Waals surface area contributed by atoms with E-state index in [1.165, 1.54) is 22.5 Å². The van der Waals surface area contributed by atoms with E-state index in [0.717, 1.165) is 19.4 Å². The first kappa shape index (κ1) is 11.3. The number of aliphatic hydroxyl groups is 1. The highest BCUT2D eigenvalue weighted by Crippen LogP contribution is 2.38. The lowest BCUT2D eigenvalue weighted by molar-refractivity contribution is 0.290. The van der Waals surface area contributed by atoms with E-state index in [2.05, 4.69) is 53.4 Å². The van der Waals surface area contributed by atoms with Crippen molar-refractivity contribution in [1.82, 2.24) is 0 Å². The molecule has 1 heterocycles. The van der Waals surface area contributed by atoms with Crippen molar-refractivity contribution in [2.45, 2.75) is 12.8 Å². The van der Waals surface area contributed by atoms with Gasteiger partial charge in [0.1, 0.15) is 0 Å². The van der Waals surface area contributed by atoms with Gasteiger partial charge in [0.05, 0.1) is 0 Å². The van der Waals surface area contributed by atoms with Crippen LogP contribution in [0.25, 0.3) is 0 Å². The molecule has 0 atom stereocenters. The van der Waals surface area contributed by atoms with E-state index in [0.29, 0.717) is 0 Å². The van der Waals surface area contributed by atoms with E-state index in [-0.39, 0.29) is 6.61 Å². The van der Waals surface area contributed by atoms with Gasteiger partial charge in [0.2, 0.25) is 0 Å². The first-order valence-electron chi connectivity index (χ1n) is 6.44. The molecule has 1 N–H and O–H groups in total. The smallest absolute Gasteiger partial charge is 0.0448 e. The van der Waals surface area contributed by atoms with Crippen molar-refractivity contribution in [1.29, 1.82) is 0 Å². The van der Waals surface area contributed by atoms with Crippen LogP contribution in [-0.2, 0) is 6.42 Å². The second-order valence-corrected chi connectivity index (χ2v) is 4.66. The van der Waals surface area contributed by atoms with Crippen LogP contribution in [0.2, 0.25) is 0 Å². The first-order chi connectivity index (χ1) is 8.90. The fourth-order valence-corrected chi connectivity index (χ4v) is 2.65. The molecule has 0 saturated heterocycles. The van der Waals surface area contributed by atoms with Crippen LogP contribution in [0, 0.1) is 0 Å². The summed E-state index contributed by atoms with van der Waals surface area (Å²) in [4.78, 5) is 2.32. The number of hydrogen-bond acceptors (Lipinski definition) is 2. The van der Waals surface area contributed by atoms with E-state index in [9.17, 15) is 0 Å². The highest BCUT2D eigenvalue weighted by Gasteiger charge is 2.20.